The fourth-order valence-corrected chi connectivity index (χ4v) is 5.78. The second-order valence-electron chi connectivity index (χ2n) is 9.33. The van der Waals surface area contributed by atoms with Crippen LogP contribution < -0.4 is 4.74 Å². The predicted molar refractivity (Wildman–Crippen MR) is 132 cm³/mol. The number of hydrogen-bond acceptors (Lipinski definition) is 7. The van der Waals surface area contributed by atoms with Crippen LogP contribution in [-0.4, -0.2) is 67.9 Å². The summed E-state index contributed by atoms with van der Waals surface area (Å²) >= 11 is 0. The maximum absolute atomic E-state index is 13.7. The maximum atomic E-state index is 13.7. The van der Waals surface area contributed by atoms with Crippen molar-refractivity contribution in [1.29, 1.82) is 0 Å². The van der Waals surface area contributed by atoms with E-state index in [9.17, 15) is 17.6 Å². The molecule has 0 bridgehead atoms. The number of carbonyl (C=O) groups is 1. The van der Waals surface area contributed by atoms with Gasteiger partial charge in [0.05, 0.1) is 12.1 Å². The van der Waals surface area contributed by atoms with Crippen molar-refractivity contribution in [3.05, 3.63) is 48.3 Å². The van der Waals surface area contributed by atoms with Crippen LogP contribution in [0.3, 0.4) is 0 Å². The molecule has 0 saturated carbocycles. The van der Waals surface area contributed by atoms with Crippen molar-refractivity contribution in [3.63, 3.8) is 0 Å². The number of sulfone groups is 1. The van der Waals surface area contributed by atoms with E-state index in [1.165, 1.54) is 12.3 Å². The molecular formula is C26H28FN3O5S. The highest BCUT2D eigenvalue weighted by Crippen LogP contribution is 2.32. The smallest absolute Gasteiger partial charge is 0.225 e. The molecular weight excluding hydrogens is 485 g/mol. The first-order valence-electron chi connectivity index (χ1n) is 12.0. The minimum absolute atomic E-state index is 0.0209. The van der Waals surface area contributed by atoms with E-state index in [-0.39, 0.29) is 28.5 Å². The Hall–Kier alpha value is -3.11. The fraction of sp³-hybridized carbons (Fsp3) is 0.423. The van der Waals surface area contributed by atoms with Gasteiger partial charge < -0.3 is 14.4 Å². The van der Waals surface area contributed by atoms with Crippen molar-refractivity contribution in [1.82, 2.24) is 14.9 Å². The van der Waals surface area contributed by atoms with Gasteiger partial charge in [-0.1, -0.05) is 0 Å². The van der Waals surface area contributed by atoms with E-state index in [0.29, 0.717) is 37.6 Å². The zero-order chi connectivity index (χ0) is 25.3. The van der Waals surface area contributed by atoms with Crippen LogP contribution >= 0.6 is 0 Å². The number of hydrogen-bond donors (Lipinski definition) is 0. The Morgan fingerprint density at radius 1 is 1.17 bits per heavy atom. The van der Waals surface area contributed by atoms with E-state index in [1.54, 1.807) is 12.3 Å². The molecule has 0 spiro atoms. The molecule has 5 rings (SSSR count). The maximum Gasteiger partial charge on any atom is 0.225 e. The first kappa shape index (κ1) is 24.6. The van der Waals surface area contributed by atoms with Crippen LogP contribution in [0.5, 0.6) is 5.75 Å². The molecule has 1 amide bonds. The van der Waals surface area contributed by atoms with E-state index in [2.05, 4.69) is 9.97 Å². The van der Waals surface area contributed by atoms with Crippen LogP contribution in [-0.2, 0) is 26.0 Å². The topological polar surface area (TPSA) is 98.7 Å². The number of likely N-dealkylation sites (tertiary alicyclic amines) is 1. The summed E-state index contributed by atoms with van der Waals surface area (Å²) in [6, 6.07) is 8.88. The second-order valence-corrected chi connectivity index (χ2v) is 11.3. The molecule has 3 aromatic rings. The van der Waals surface area contributed by atoms with Crippen molar-refractivity contribution < 1.29 is 27.1 Å². The van der Waals surface area contributed by atoms with Crippen molar-refractivity contribution >= 4 is 26.6 Å². The molecule has 1 aromatic carbocycles. The molecule has 2 aliphatic heterocycles. The van der Waals surface area contributed by atoms with Crippen LogP contribution in [0.25, 0.3) is 22.0 Å². The lowest BCUT2D eigenvalue weighted by atomic mass is 9.99. The molecule has 36 heavy (non-hydrogen) atoms. The standard InChI is InChI=1S/C26H28FN3O5S/c1-36(32,33)25-18(14-27)12-19(15-29-25)22-4-8-28-24-3-2-20(13-23(22)24)35-21-5-9-30(16-21)26(31)17-6-10-34-11-7-17/h2-4,8,12-13,15,17,21H,5-7,9-11,14,16H2,1H3. The van der Waals surface area contributed by atoms with Crippen LogP contribution in [0.15, 0.2) is 47.8 Å². The van der Waals surface area contributed by atoms with Gasteiger partial charge in [0.25, 0.3) is 0 Å². The van der Waals surface area contributed by atoms with E-state index in [0.717, 1.165) is 42.0 Å². The minimum atomic E-state index is -3.64. The lowest BCUT2D eigenvalue weighted by molar-refractivity contribution is -0.137. The molecule has 1 atom stereocenters. The summed E-state index contributed by atoms with van der Waals surface area (Å²) < 4.78 is 49.2. The number of ether oxygens (including phenoxy) is 2. The number of carbonyl (C=O) groups excluding carboxylic acids is 1. The molecule has 2 aromatic heterocycles. The Balaban J connectivity index is 1.38. The van der Waals surface area contributed by atoms with Crippen LogP contribution in [0, 0.1) is 5.92 Å². The third-order valence-corrected chi connectivity index (χ3v) is 7.84. The summed E-state index contributed by atoms with van der Waals surface area (Å²) in [4.78, 5) is 23.2. The van der Waals surface area contributed by atoms with E-state index in [1.807, 2.05) is 23.1 Å². The van der Waals surface area contributed by atoms with Gasteiger partial charge >= 0.3 is 0 Å². The lowest BCUT2D eigenvalue weighted by Gasteiger charge is -2.26. The quantitative estimate of drug-likeness (QED) is 0.497. The first-order chi connectivity index (χ1) is 17.3. The number of amides is 1. The Morgan fingerprint density at radius 3 is 2.72 bits per heavy atom. The third kappa shape index (κ3) is 5.05. The second kappa shape index (κ2) is 10.1. The van der Waals surface area contributed by atoms with Gasteiger partial charge in [0.2, 0.25) is 5.91 Å². The molecule has 0 radical (unpaired) electrons. The largest absolute Gasteiger partial charge is 0.488 e. The summed E-state index contributed by atoms with van der Waals surface area (Å²) in [5.74, 6) is 0.861. The summed E-state index contributed by atoms with van der Waals surface area (Å²) in [6.45, 7) is 1.55. The summed E-state index contributed by atoms with van der Waals surface area (Å²) in [6.07, 6.45) is 6.28. The van der Waals surface area contributed by atoms with Crippen molar-refractivity contribution in [3.8, 4) is 16.9 Å². The molecule has 10 heteroatoms. The summed E-state index contributed by atoms with van der Waals surface area (Å²) in [5, 5.41) is 0.527. The first-order valence-corrected chi connectivity index (χ1v) is 13.9. The molecule has 2 saturated heterocycles. The van der Waals surface area contributed by atoms with Gasteiger partial charge in [-0.15, -0.1) is 0 Å². The van der Waals surface area contributed by atoms with Gasteiger partial charge in [-0.05, 0) is 48.7 Å². The molecule has 4 heterocycles. The lowest BCUT2D eigenvalue weighted by Crippen LogP contribution is -2.38. The van der Waals surface area contributed by atoms with Crippen LogP contribution in [0.4, 0.5) is 4.39 Å². The Labute approximate surface area is 209 Å². The van der Waals surface area contributed by atoms with Gasteiger partial charge in [-0.25, -0.2) is 17.8 Å². The molecule has 1 unspecified atom stereocenters. The zero-order valence-corrected chi connectivity index (χ0v) is 20.8. The van der Waals surface area contributed by atoms with Gasteiger partial charge in [-0.3, -0.25) is 9.78 Å². The van der Waals surface area contributed by atoms with Crippen molar-refractivity contribution in [2.75, 3.05) is 32.6 Å². The Morgan fingerprint density at radius 2 is 1.97 bits per heavy atom. The van der Waals surface area contributed by atoms with E-state index in [4.69, 9.17) is 9.47 Å². The number of halogens is 1. The monoisotopic (exact) mass is 513 g/mol. The van der Waals surface area contributed by atoms with Gasteiger partial charge in [-0.2, -0.15) is 0 Å². The molecule has 0 aliphatic carbocycles. The van der Waals surface area contributed by atoms with E-state index >= 15 is 0 Å². The number of alkyl halides is 1. The summed E-state index contributed by atoms with van der Waals surface area (Å²) in [5.41, 5.74) is 2.08. The molecule has 2 fully saturated rings. The number of benzene rings is 1. The fourth-order valence-electron chi connectivity index (χ4n) is 4.94. The SMILES string of the molecule is CS(=O)(=O)c1ncc(-c2ccnc3ccc(OC4CCN(C(=O)C5CCOCC5)C4)cc23)cc1CF. The Kier molecular flexibility index (Phi) is 6.90. The minimum Gasteiger partial charge on any atom is -0.488 e. The molecule has 190 valence electrons. The highest BCUT2D eigenvalue weighted by atomic mass is 32.2. The predicted octanol–water partition coefficient (Wildman–Crippen LogP) is 3.58. The number of pyridine rings is 2. The van der Waals surface area contributed by atoms with Gasteiger partial charge in [0, 0.05) is 67.3 Å². The number of nitrogens with zero attached hydrogens (tertiary/aromatic N) is 3. The zero-order valence-electron chi connectivity index (χ0n) is 20.0. The molecule has 8 nitrogen and oxygen atoms in total. The molecule has 2 aliphatic rings. The number of fused-ring (bicyclic) bond motifs is 1. The third-order valence-electron chi connectivity index (χ3n) is 6.77. The van der Waals surface area contributed by atoms with Gasteiger partial charge in [0.15, 0.2) is 14.9 Å². The summed E-state index contributed by atoms with van der Waals surface area (Å²) in [7, 11) is -3.64. The van der Waals surface area contributed by atoms with Gasteiger partial charge in [0.1, 0.15) is 18.5 Å². The number of rotatable bonds is 6. The normalized spacial score (nSPS) is 19.1. The van der Waals surface area contributed by atoms with Crippen molar-refractivity contribution in [2.24, 2.45) is 5.92 Å². The van der Waals surface area contributed by atoms with Crippen LogP contribution in [0.1, 0.15) is 24.8 Å². The highest BCUT2D eigenvalue weighted by Gasteiger charge is 2.32. The van der Waals surface area contributed by atoms with Crippen LogP contribution in [0.2, 0.25) is 0 Å². The van der Waals surface area contributed by atoms with Crippen molar-refractivity contribution in [2.45, 2.75) is 37.1 Å². The Bertz CT molecular complexity index is 1390. The number of aromatic nitrogens is 2. The highest BCUT2D eigenvalue weighted by molar-refractivity contribution is 7.90. The van der Waals surface area contributed by atoms with E-state index < -0.39 is 16.5 Å². The average Bonchev–Trinajstić information content (AvgIpc) is 3.36. The molecule has 0 N–H and O–H groups in total. The average molecular weight is 514 g/mol.